The molecule has 0 bridgehead atoms. The van der Waals surface area contributed by atoms with Crippen molar-refractivity contribution in [3.8, 4) is 45.8 Å². The van der Waals surface area contributed by atoms with Crippen molar-refractivity contribution >= 4 is 129 Å². The number of rotatable bonds is 30. The lowest BCUT2D eigenvalue weighted by molar-refractivity contribution is -0.149. The van der Waals surface area contributed by atoms with Gasteiger partial charge in [0.1, 0.15) is 123 Å². The highest BCUT2D eigenvalue weighted by Crippen LogP contribution is 2.54. The van der Waals surface area contributed by atoms with E-state index in [1.807, 2.05) is 75.3 Å². The Bertz CT molecular complexity index is 5110. The largest absolute Gasteiger partial charge is 0.506 e. The Kier molecular flexibility index (Phi) is 31.0. The molecule has 7 N–H and O–H groups in total. The van der Waals surface area contributed by atoms with Gasteiger partial charge in [0, 0.05) is 105 Å². The number of anilines is 2. The maximum absolute atomic E-state index is 14.9. The van der Waals surface area contributed by atoms with Gasteiger partial charge >= 0.3 is 24.1 Å². The number of aromatic nitrogens is 4. The number of nitrogens with zero attached hydrogens (tertiary/aromatic N) is 8. The van der Waals surface area contributed by atoms with Crippen LogP contribution in [0, 0.1) is 46.3 Å². The van der Waals surface area contributed by atoms with Crippen LogP contribution in [0.15, 0.2) is 83.1 Å². The van der Waals surface area contributed by atoms with Crippen molar-refractivity contribution < 1.29 is 94.9 Å². The van der Waals surface area contributed by atoms with Crippen molar-refractivity contribution in [2.75, 3.05) is 116 Å². The maximum Gasteiger partial charge on any atom is 0.408 e. The molecular weight excluding hydrogens is 1760 g/mol. The molecular formula is C92H122Cl4N14O20. The second kappa shape index (κ2) is 41.2. The Balaban J connectivity index is 0.000000202. The quantitative estimate of drug-likeness (QED) is 0.00953. The number of likely N-dealkylation sites (tertiary alicyclic amines) is 2. The Labute approximate surface area is 777 Å². The van der Waals surface area contributed by atoms with Crippen molar-refractivity contribution in [2.24, 2.45) is 46.3 Å². The molecule has 4 aliphatic heterocycles. The summed E-state index contributed by atoms with van der Waals surface area (Å²) < 4.78 is 63.3. The van der Waals surface area contributed by atoms with Gasteiger partial charge < -0.3 is 98.3 Å². The van der Waals surface area contributed by atoms with Crippen molar-refractivity contribution in [1.29, 1.82) is 0 Å². The lowest BCUT2D eigenvalue weighted by Gasteiger charge is -2.35. The number of amides is 6. The minimum absolute atomic E-state index is 0. The topological polar surface area (TPSA) is 403 Å². The van der Waals surface area contributed by atoms with E-state index in [1.54, 1.807) is 36.4 Å². The number of ether oxygens (including phenoxy) is 9. The SMILES string of the molecule is C=C[C@@H]1CC1(NC(=O)[C@@H]1C[C@@H](Oc2cc(-c3coc(NC(C)C)n3)nc3c(Cl)c(O)ccc23)CN1C(=O)[C@@H](NC(=O)OC1C[C@@H]2C[C@@H]2C1)C(C)(C)C)C(=O)OC.C=C[C@@H]1CC1(NC(=O)[C@@H]1C[C@@H](Oc2cc(-c3coc(NC(C)C)n3)nc3c(Cl)c(OCCN4CCOCC4)ccc23)CN1C(=O)[C@@H](NC(=O)OC1C[C@@H]2C[C@@H]2C1)C(C)(C)C)C(=O)OC.Cl.ClCCN1CCOCC1. The molecule has 8 heterocycles. The number of hydrogen-bond acceptors (Lipinski definition) is 28. The molecule has 2 aromatic carbocycles. The fourth-order valence-electron chi connectivity index (χ4n) is 18.3. The number of fused-ring (bicyclic) bond motifs is 4. The molecule has 16 rings (SSSR count). The van der Waals surface area contributed by atoms with Crippen LogP contribution in [0.25, 0.3) is 44.6 Å². The number of pyridine rings is 2. The van der Waals surface area contributed by atoms with Crippen molar-refractivity contribution in [2.45, 2.75) is 205 Å². The lowest BCUT2D eigenvalue weighted by atomic mass is 9.85. The first kappa shape index (κ1) is 97.8. The first-order chi connectivity index (χ1) is 61.5. The molecule has 0 spiro atoms. The van der Waals surface area contributed by atoms with Gasteiger partial charge in [0.2, 0.25) is 23.6 Å². The summed E-state index contributed by atoms with van der Waals surface area (Å²) in [7, 11) is 2.51. The zero-order valence-corrected chi connectivity index (χ0v) is 78.8. The van der Waals surface area contributed by atoms with Gasteiger partial charge in [-0.15, -0.1) is 37.2 Å². The summed E-state index contributed by atoms with van der Waals surface area (Å²) in [6.07, 6.45) is 9.10. The normalized spacial score (nSPS) is 26.3. The van der Waals surface area contributed by atoms with Crippen LogP contribution < -0.4 is 46.1 Å². The second-order valence-corrected chi connectivity index (χ2v) is 39.2. The molecule has 6 aromatic rings. The van der Waals surface area contributed by atoms with Gasteiger partial charge in [-0.25, -0.2) is 29.1 Å². The fourth-order valence-corrected chi connectivity index (χ4v) is 19.0. The highest BCUT2D eigenvalue weighted by atomic mass is 35.5. The zero-order chi connectivity index (χ0) is 92.3. The van der Waals surface area contributed by atoms with Crippen molar-refractivity contribution in [3.63, 3.8) is 0 Å². The van der Waals surface area contributed by atoms with Crippen LogP contribution in [-0.2, 0) is 57.2 Å². The molecule has 6 aliphatic carbocycles. The number of nitrogens with one attached hydrogen (secondary N) is 6. The highest BCUT2D eigenvalue weighted by molar-refractivity contribution is 6.37. The third-order valence-electron chi connectivity index (χ3n) is 25.7. The molecule has 4 saturated heterocycles. The van der Waals surface area contributed by atoms with Crippen LogP contribution in [0.2, 0.25) is 10.0 Å². The number of carbonyl (C=O) groups excluding carboxylic acids is 8. The summed E-state index contributed by atoms with van der Waals surface area (Å²) in [5, 5.41) is 29.5. The number of phenols is 1. The number of morpholine rings is 2. The number of aromatic hydroxyl groups is 1. The molecule has 16 atom stereocenters. The smallest absolute Gasteiger partial charge is 0.408 e. The van der Waals surface area contributed by atoms with Crippen molar-refractivity contribution in [1.82, 2.24) is 60.8 Å². The van der Waals surface area contributed by atoms with Crippen LogP contribution in [-0.4, -0.2) is 270 Å². The van der Waals surface area contributed by atoms with E-state index in [-0.39, 0.29) is 102 Å². The number of alkyl halides is 1. The van der Waals surface area contributed by atoms with Gasteiger partial charge in [0.05, 0.1) is 76.2 Å². The number of oxazole rings is 2. The number of benzene rings is 2. The average Bonchev–Trinajstić information content (AvgIpc) is 1.57. The van der Waals surface area contributed by atoms with Crippen LogP contribution in [0.5, 0.6) is 23.0 Å². The van der Waals surface area contributed by atoms with Crippen LogP contribution in [0.3, 0.4) is 0 Å². The molecule has 10 fully saturated rings. The predicted octanol–water partition coefficient (Wildman–Crippen LogP) is 12.2. The van der Waals surface area contributed by atoms with E-state index in [2.05, 4.69) is 69.8 Å². The minimum Gasteiger partial charge on any atom is -0.506 e. The fraction of sp³-hybridized carbons (Fsp3) is 0.609. The Morgan fingerprint density at radius 2 is 0.962 bits per heavy atom. The van der Waals surface area contributed by atoms with E-state index in [1.165, 1.54) is 55.5 Å². The second-order valence-electron chi connectivity index (χ2n) is 38.1. The van der Waals surface area contributed by atoms with Crippen LogP contribution in [0.4, 0.5) is 21.6 Å². The van der Waals surface area contributed by atoms with Gasteiger partial charge in [-0.3, -0.25) is 29.0 Å². The molecule has 10 aliphatic rings. The summed E-state index contributed by atoms with van der Waals surface area (Å²) in [6.45, 7) is 35.3. The van der Waals surface area contributed by atoms with Gasteiger partial charge in [-0.2, -0.15) is 9.97 Å². The average molecular weight is 1890 g/mol. The first-order valence-corrected chi connectivity index (χ1v) is 45.9. The van der Waals surface area contributed by atoms with E-state index in [0.29, 0.717) is 125 Å². The van der Waals surface area contributed by atoms with Gasteiger partial charge in [0.15, 0.2) is 0 Å². The van der Waals surface area contributed by atoms with E-state index in [9.17, 15) is 43.5 Å². The van der Waals surface area contributed by atoms with E-state index in [0.717, 1.165) is 77.5 Å². The Hall–Kier alpha value is -9.68. The number of alkyl carbamates (subject to hydrolysis) is 2. The molecule has 708 valence electrons. The molecule has 6 saturated carbocycles. The molecule has 6 amide bonds. The number of methoxy groups -OCH3 is 2. The minimum atomic E-state index is -1.31. The zero-order valence-electron chi connectivity index (χ0n) is 75.7. The maximum atomic E-state index is 14.9. The standard InChI is InChI=1S/C46H60ClN7O10.C40H49ClN6O9.C6H12ClNO.ClH/c1-8-28-22-46(28,42(57)59-7)52-40(55)34-20-30(23-54(34)41(56)39(45(4,5)6)51-44(58)64-29-18-26-17-27(26)19-29)63-36-21-32(33-24-62-43(50-33)48-25(2)3)49-38-31(36)9-10-35(37(38)47)61-16-13-53-11-14-60-15-12-53;1-8-22-16-40(22,36(51)53-7)46-34(49)28-14-24(17-47(28)35(50)33(39(4,5)6)45-38(52)56-23-12-20-11-21(20)13-23)55-30-15-26(27-18-54-37(44-27)42-19(2)3)43-32-25(30)9-10-29(48)31(32)41;7-1-2-8-3-5-9-6-4-8;/h8-10,21,24-30,34,39H,1,11-20,22-23H2,2-7H3,(H,48,50)(H,51,58)(H,52,55);8-10,15,18-24,28,33,48H,1,11-14,16-17H2,2-7H3,(H,42,44)(H,45,52)(H,46,49);1-6H2;1H/t26-,27+,28-,29?,30-,34+,39-,46?;20-,21+,22-,23?,24-,28+,33-,40?;;/m11../s1. The highest BCUT2D eigenvalue weighted by Gasteiger charge is 2.64. The van der Waals surface area contributed by atoms with Gasteiger partial charge in [-0.05, 0) is 138 Å². The summed E-state index contributed by atoms with van der Waals surface area (Å²) in [6, 6.07) is 6.34. The summed E-state index contributed by atoms with van der Waals surface area (Å²) in [5.74, 6) is -0.0395. The number of phenolic OH excluding ortho intramolecular Hbond substituents is 1. The monoisotopic (exact) mass is 1880 g/mol. The Morgan fingerprint density at radius 1 is 0.554 bits per heavy atom. The van der Waals surface area contributed by atoms with E-state index < -0.39 is 106 Å². The first-order valence-electron chi connectivity index (χ1n) is 44.6. The number of esters is 2. The lowest BCUT2D eigenvalue weighted by Crippen LogP contribution is -2.59. The molecule has 4 aromatic heterocycles. The van der Waals surface area contributed by atoms with Gasteiger partial charge in [-0.1, -0.05) is 76.9 Å². The van der Waals surface area contributed by atoms with E-state index >= 15 is 0 Å². The number of hydrogen-bond donors (Lipinski definition) is 7. The molecule has 130 heavy (non-hydrogen) atoms. The molecule has 38 heteroatoms. The summed E-state index contributed by atoms with van der Waals surface area (Å²) >= 11 is 19.2. The van der Waals surface area contributed by atoms with Crippen LogP contribution >= 0.6 is 47.2 Å². The third-order valence-corrected chi connectivity index (χ3v) is 26.6. The van der Waals surface area contributed by atoms with Crippen molar-refractivity contribution in [3.05, 3.63) is 84.3 Å². The summed E-state index contributed by atoms with van der Waals surface area (Å²) in [5.41, 5.74) is -2.07. The molecule has 0 radical (unpaired) electrons. The number of halogens is 4. The van der Waals surface area contributed by atoms with E-state index in [4.69, 9.17) is 91.3 Å². The van der Waals surface area contributed by atoms with Gasteiger partial charge in [0.25, 0.3) is 12.0 Å². The molecule has 34 nitrogen and oxygen atoms in total. The van der Waals surface area contributed by atoms with Crippen LogP contribution in [0.1, 0.15) is 133 Å². The predicted molar refractivity (Wildman–Crippen MR) is 488 cm³/mol. The number of carbonyl (C=O) groups is 8. The Morgan fingerprint density at radius 3 is 1.35 bits per heavy atom. The summed E-state index contributed by atoms with van der Waals surface area (Å²) in [4.78, 5) is 137. The third kappa shape index (κ3) is 22.8. The molecule has 4 unspecified atom stereocenters.